The average molecular weight is 311 g/mol. The van der Waals surface area contributed by atoms with Crippen molar-refractivity contribution in [3.8, 4) is 5.75 Å². The summed E-state index contributed by atoms with van der Waals surface area (Å²) in [6.07, 6.45) is 3.60. The van der Waals surface area contributed by atoms with Gasteiger partial charge in [-0.05, 0) is 62.8 Å². The van der Waals surface area contributed by atoms with Gasteiger partial charge in [0.2, 0.25) is 0 Å². The van der Waals surface area contributed by atoms with Crippen LogP contribution >= 0.6 is 0 Å². The molecule has 21 heavy (non-hydrogen) atoms. The number of aryl methyl sites for hydroxylation is 1. The van der Waals surface area contributed by atoms with Crippen molar-refractivity contribution < 1.29 is 13.5 Å². The number of aromatic hydroxyl groups is 1. The van der Waals surface area contributed by atoms with Gasteiger partial charge in [0.1, 0.15) is 15.6 Å². The van der Waals surface area contributed by atoms with E-state index in [0.717, 1.165) is 32.2 Å². The van der Waals surface area contributed by atoms with Gasteiger partial charge in [-0.3, -0.25) is 0 Å². The maximum atomic E-state index is 11.4. The lowest BCUT2D eigenvalue weighted by Crippen LogP contribution is -2.35. The molecule has 1 aliphatic rings. The Bertz CT molecular complexity index is 525. The third kappa shape index (κ3) is 5.67. The van der Waals surface area contributed by atoms with Crippen LogP contribution in [-0.4, -0.2) is 37.6 Å². The highest BCUT2D eigenvalue weighted by atomic mass is 32.2. The Kier molecular flexibility index (Phi) is 5.65. The summed E-state index contributed by atoms with van der Waals surface area (Å²) in [6, 6.07) is 7.76. The zero-order valence-electron chi connectivity index (χ0n) is 12.6. The first-order chi connectivity index (χ1) is 9.94. The van der Waals surface area contributed by atoms with Crippen LogP contribution in [-0.2, 0) is 16.3 Å². The third-order valence-electron chi connectivity index (χ3n) is 4.23. The quantitative estimate of drug-likeness (QED) is 0.844. The molecule has 0 unspecified atom stereocenters. The fourth-order valence-electron chi connectivity index (χ4n) is 2.66. The van der Waals surface area contributed by atoms with Gasteiger partial charge in [-0.1, -0.05) is 12.1 Å². The molecule has 0 bridgehead atoms. The van der Waals surface area contributed by atoms with Crippen molar-refractivity contribution in [3.05, 3.63) is 29.8 Å². The number of sulfone groups is 1. The van der Waals surface area contributed by atoms with Gasteiger partial charge in [-0.2, -0.15) is 0 Å². The Morgan fingerprint density at radius 1 is 1.24 bits per heavy atom. The van der Waals surface area contributed by atoms with Crippen LogP contribution in [0.25, 0.3) is 0 Å². The molecule has 0 saturated carbocycles. The van der Waals surface area contributed by atoms with E-state index in [2.05, 4.69) is 12.2 Å². The van der Waals surface area contributed by atoms with Crippen LogP contribution in [0.1, 0.15) is 31.7 Å². The third-order valence-corrected chi connectivity index (χ3v) is 5.95. The molecule has 0 radical (unpaired) electrons. The van der Waals surface area contributed by atoms with Crippen LogP contribution in [0, 0.1) is 5.92 Å². The van der Waals surface area contributed by atoms with Crippen LogP contribution in [0.2, 0.25) is 0 Å². The minimum atomic E-state index is -2.75. The fraction of sp³-hybridized carbons (Fsp3) is 0.625. The van der Waals surface area contributed by atoms with Crippen molar-refractivity contribution >= 4 is 9.84 Å². The molecule has 1 aromatic carbocycles. The van der Waals surface area contributed by atoms with E-state index in [9.17, 15) is 13.5 Å². The summed E-state index contributed by atoms with van der Waals surface area (Å²) in [5, 5.41) is 12.8. The van der Waals surface area contributed by atoms with Gasteiger partial charge < -0.3 is 10.4 Å². The number of hydrogen-bond acceptors (Lipinski definition) is 4. The van der Waals surface area contributed by atoms with Crippen LogP contribution < -0.4 is 5.32 Å². The van der Waals surface area contributed by atoms with Crippen molar-refractivity contribution in [3.63, 3.8) is 0 Å². The molecule has 1 aromatic rings. The zero-order valence-corrected chi connectivity index (χ0v) is 13.4. The number of hydrogen-bond donors (Lipinski definition) is 2. The first kappa shape index (κ1) is 16.3. The summed E-state index contributed by atoms with van der Waals surface area (Å²) in [5.74, 6) is 1.49. The van der Waals surface area contributed by atoms with Crippen LogP contribution in [0.15, 0.2) is 24.3 Å². The van der Waals surface area contributed by atoms with Crippen molar-refractivity contribution in [1.82, 2.24) is 5.32 Å². The minimum absolute atomic E-state index is 0.303. The molecular weight excluding hydrogens is 286 g/mol. The van der Waals surface area contributed by atoms with Gasteiger partial charge >= 0.3 is 0 Å². The molecule has 0 amide bonds. The summed E-state index contributed by atoms with van der Waals surface area (Å²) >= 11 is 0. The van der Waals surface area contributed by atoms with Gasteiger partial charge in [0.15, 0.2) is 0 Å². The monoisotopic (exact) mass is 311 g/mol. The highest BCUT2D eigenvalue weighted by molar-refractivity contribution is 7.91. The second-order valence-corrected chi connectivity index (χ2v) is 8.41. The smallest absolute Gasteiger partial charge is 0.150 e. The summed E-state index contributed by atoms with van der Waals surface area (Å²) in [7, 11) is -2.75. The molecule has 0 spiro atoms. The SMILES string of the molecule is C[C@@H](CCc1ccc(O)cc1)NCC1CCS(=O)(=O)CC1. The summed E-state index contributed by atoms with van der Waals surface area (Å²) in [4.78, 5) is 0. The molecule has 1 aliphatic heterocycles. The maximum Gasteiger partial charge on any atom is 0.150 e. The Hall–Kier alpha value is -1.07. The second-order valence-electron chi connectivity index (χ2n) is 6.11. The standard InChI is InChI=1S/C16H25NO3S/c1-13(2-3-14-4-6-16(18)7-5-14)17-12-15-8-10-21(19,20)11-9-15/h4-7,13,15,17-18H,2-3,8-12H2,1H3/t13-/m0/s1. The van der Waals surface area contributed by atoms with Gasteiger partial charge in [0, 0.05) is 6.04 Å². The average Bonchev–Trinajstić information content (AvgIpc) is 2.45. The van der Waals surface area contributed by atoms with Crippen molar-refractivity contribution in [1.29, 1.82) is 0 Å². The number of phenols is 1. The first-order valence-electron chi connectivity index (χ1n) is 7.66. The first-order valence-corrected chi connectivity index (χ1v) is 9.48. The highest BCUT2D eigenvalue weighted by Crippen LogP contribution is 2.18. The predicted octanol–water partition coefficient (Wildman–Crippen LogP) is 2.13. The number of benzene rings is 1. The number of nitrogens with one attached hydrogen (secondary N) is 1. The molecule has 1 heterocycles. The normalized spacial score (nSPS) is 20.2. The van der Waals surface area contributed by atoms with Gasteiger partial charge in [-0.25, -0.2) is 8.42 Å². The van der Waals surface area contributed by atoms with E-state index in [1.165, 1.54) is 5.56 Å². The number of rotatable bonds is 6. The highest BCUT2D eigenvalue weighted by Gasteiger charge is 2.23. The van der Waals surface area contributed by atoms with Crippen LogP contribution in [0.4, 0.5) is 0 Å². The van der Waals surface area contributed by atoms with E-state index in [1.54, 1.807) is 12.1 Å². The van der Waals surface area contributed by atoms with Gasteiger partial charge in [0.05, 0.1) is 11.5 Å². The van der Waals surface area contributed by atoms with E-state index in [1.807, 2.05) is 12.1 Å². The Morgan fingerprint density at radius 3 is 2.48 bits per heavy atom. The molecule has 0 aliphatic carbocycles. The summed E-state index contributed by atoms with van der Waals surface area (Å²) in [6.45, 7) is 3.08. The molecule has 1 fully saturated rings. The minimum Gasteiger partial charge on any atom is -0.508 e. The molecule has 0 aromatic heterocycles. The van der Waals surface area contributed by atoms with E-state index < -0.39 is 9.84 Å². The molecule has 4 nitrogen and oxygen atoms in total. The molecule has 5 heteroatoms. The van der Waals surface area contributed by atoms with E-state index in [4.69, 9.17) is 0 Å². The Balaban J connectivity index is 1.66. The Morgan fingerprint density at radius 2 is 1.86 bits per heavy atom. The molecule has 1 atom stereocenters. The summed E-state index contributed by atoms with van der Waals surface area (Å²) < 4.78 is 22.8. The van der Waals surface area contributed by atoms with Crippen molar-refractivity contribution in [2.75, 3.05) is 18.1 Å². The zero-order chi connectivity index (χ0) is 15.3. The number of phenolic OH excluding ortho intramolecular Hbond substituents is 1. The second kappa shape index (κ2) is 7.27. The largest absolute Gasteiger partial charge is 0.508 e. The molecule has 2 rings (SSSR count). The maximum absolute atomic E-state index is 11.4. The molecule has 118 valence electrons. The van der Waals surface area contributed by atoms with E-state index in [0.29, 0.717) is 29.2 Å². The fourth-order valence-corrected chi connectivity index (χ4v) is 4.25. The molecule has 2 N–H and O–H groups in total. The Labute approximate surface area is 127 Å². The van der Waals surface area contributed by atoms with Crippen molar-refractivity contribution in [2.45, 2.75) is 38.6 Å². The lowest BCUT2D eigenvalue weighted by Gasteiger charge is -2.24. The van der Waals surface area contributed by atoms with Crippen molar-refractivity contribution in [2.24, 2.45) is 5.92 Å². The van der Waals surface area contributed by atoms with E-state index in [-0.39, 0.29) is 0 Å². The summed E-state index contributed by atoms with van der Waals surface area (Å²) in [5.41, 5.74) is 1.23. The predicted molar refractivity (Wildman–Crippen MR) is 85.3 cm³/mol. The molecule has 1 saturated heterocycles. The topological polar surface area (TPSA) is 66.4 Å². The van der Waals surface area contributed by atoms with E-state index >= 15 is 0 Å². The molecular formula is C16H25NO3S. The lowest BCUT2D eigenvalue weighted by molar-refractivity contribution is 0.398. The lowest BCUT2D eigenvalue weighted by atomic mass is 10.0. The van der Waals surface area contributed by atoms with Crippen LogP contribution in [0.5, 0.6) is 5.75 Å². The van der Waals surface area contributed by atoms with Gasteiger partial charge in [-0.15, -0.1) is 0 Å². The van der Waals surface area contributed by atoms with Gasteiger partial charge in [0.25, 0.3) is 0 Å². The van der Waals surface area contributed by atoms with Crippen LogP contribution in [0.3, 0.4) is 0 Å².